The first-order valence-corrected chi connectivity index (χ1v) is 9.08. The van der Waals surface area contributed by atoms with Crippen LogP contribution in [-0.2, 0) is 10.0 Å². The largest absolute Gasteiger partial charge is 0.489 e. The van der Waals surface area contributed by atoms with Crippen LogP contribution in [0.3, 0.4) is 0 Å². The zero-order valence-electron chi connectivity index (χ0n) is 11.7. The monoisotopic (exact) mass is 361 g/mol. The van der Waals surface area contributed by atoms with Crippen LogP contribution in [0, 0.1) is 11.8 Å². The summed E-state index contributed by atoms with van der Waals surface area (Å²) in [6, 6.07) is 4.62. The van der Waals surface area contributed by atoms with Crippen LogP contribution in [0.25, 0.3) is 0 Å². The third-order valence-corrected chi connectivity index (χ3v) is 5.19. The molecule has 0 radical (unpaired) electrons. The first kappa shape index (κ1) is 15.8. The van der Waals surface area contributed by atoms with Crippen molar-refractivity contribution in [2.24, 2.45) is 17.0 Å². The van der Waals surface area contributed by atoms with E-state index in [-0.39, 0.29) is 11.0 Å². The number of sulfonamides is 1. The molecule has 2 N–H and O–H groups in total. The SMILES string of the molecule is CC1CC(C)CC(Oc2ccc(S(N)(=O)=O)cc2Br)C1. The third-order valence-electron chi connectivity index (χ3n) is 3.66. The lowest BCUT2D eigenvalue weighted by Gasteiger charge is -2.32. The zero-order valence-corrected chi connectivity index (χ0v) is 14.1. The van der Waals surface area contributed by atoms with Crippen LogP contribution in [0.2, 0.25) is 0 Å². The van der Waals surface area contributed by atoms with Gasteiger partial charge in [0.2, 0.25) is 10.0 Å². The summed E-state index contributed by atoms with van der Waals surface area (Å²) in [5.74, 6) is 1.99. The number of hydrogen-bond acceptors (Lipinski definition) is 3. The molecule has 0 heterocycles. The molecule has 0 amide bonds. The Hall–Kier alpha value is -0.590. The summed E-state index contributed by atoms with van der Waals surface area (Å²) in [4.78, 5) is 0.0853. The highest BCUT2D eigenvalue weighted by atomic mass is 79.9. The average molecular weight is 362 g/mol. The molecule has 0 aliphatic heterocycles. The van der Waals surface area contributed by atoms with Gasteiger partial charge in [-0.05, 0) is 65.2 Å². The first-order chi connectivity index (χ1) is 9.25. The molecule has 4 nitrogen and oxygen atoms in total. The second-order valence-electron chi connectivity index (χ2n) is 5.79. The predicted octanol–water partition coefficient (Wildman–Crippen LogP) is 3.30. The molecule has 0 spiro atoms. The Morgan fingerprint density at radius 2 is 1.80 bits per heavy atom. The van der Waals surface area contributed by atoms with Gasteiger partial charge in [0.05, 0.1) is 15.5 Å². The van der Waals surface area contributed by atoms with Gasteiger partial charge in [-0.25, -0.2) is 13.6 Å². The summed E-state index contributed by atoms with van der Waals surface area (Å²) in [6.07, 6.45) is 3.50. The van der Waals surface area contributed by atoms with Gasteiger partial charge in [0.1, 0.15) is 5.75 Å². The van der Waals surface area contributed by atoms with Crippen LogP contribution < -0.4 is 9.88 Å². The maximum absolute atomic E-state index is 11.3. The molecular weight excluding hydrogens is 342 g/mol. The molecule has 1 aliphatic carbocycles. The summed E-state index contributed by atoms with van der Waals surface area (Å²) >= 11 is 3.35. The molecule has 1 aromatic carbocycles. The summed E-state index contributed by atoms with van der Waals surface area (Å²) in [5.41, 5.74) is 0. The van der Waals surface area contributed by atoms with Gasteiger partial charge in [-0.3, -0.25) is 0 Å². The fourth-order valence-corrected chi connectivity index (χ4v) is 4.07. The van der Waals surface area contributed by atoms with Crippen LogP contribution in [0.15, 0.2) is 27.6 Å². The normalized spacial score (nSPS) is 27.3. The number of rotatable bonds is 3. The third kappa shape index (κ3) is 3.96. The van der Waals surface area contributed by atoms with Gasteiger partial charge in [-0.1, -0.05) is 13.8 Å². The molecule has 2 atom stereocenters. The van der Waals surface area contributed by atoms with Crippen molar-refractivity contribution < 1.29 is 13.2 Å². The smallest absolute Gasteiger partial charge is 0.238 e. The molecule has 2 rings (SSSR count). The van der Waals surface area contributed by atoms with Crippen LogP contribution in [-0.4, -0.2) is 14.5 Å². The Labute approximate surface area is 128 Å². The quantitative estimate of drug-likeness (QED) is 0.897. The number of ether oxygens (including phenoxy) is 1. The fraction of sp³-hybridized carbons (Fsp3) is 0.571. The fourth-order valence-electron chi connectivity index (χ4n) is 2.90. The Kier molecular flexibility index (Phi) is 4.76. The second kappa shape index (κ2) is 6.03. The van der Waals surface area contributed by atoms with E-state index in [0.29, 0.717) is 22.1 Å². The second-order valence-corrected chi connectivity index (χ2v) is 8.21. The zero-order chi connectivity index (χ0) is 14.9. The lowest BCUT2D eigenvalue weighted by molar-refractivity contribution is 0.100. The van der Waals surface area contributed by atoms with Gasteiger partial charge >= 0.3 is 0 Å². The van der Waals surface area contributed by atoms with Crippen LogP contribution in [0.4, 0.5) is 0 Å². The lowest BCUT2D eigenvalue weighted by atomic mass is 9.82. The first-order valence-electron chi connectivity index (χ1n) is 6.74. The molecule has 1 aliphatic rings. The summed E-state index contributed by atoms with van der Waals surface area (Å²) in [6.45, 7) is 4.48. The van der Waals surface area contributed by atoms with Crippen molar-refractivity contribution in [3.8, 4) is 5.75 Å². The van der Waals surface area contributed by atoms with Crippen molar-refractivity contribution in [3.05, 3.63) is 22.7 Å². The molecule has 1 saturated carbocycles. The summed E-state index contributed by atoms with van der Waals surface area (Å²) in [5, 5.41) is 5.11. The van der Waals surface area contributed by atoms with Gasteiger partial charge in [0.25, 0.3) is 0 Å². The van der Waals surface area contributed by atoms with Gasteiger partial charge in [0.15, 0.2) is 0 Å². The Morgan fingerprint density at radius 3 is 2.30 bits per heavy atom. The van der Waals surface area contributed by atoms with Crippen molar-refractivity contribution in [1.29, 1.82) is 0 Å². The van der Waals surface area contributed by atoms with Crippen LogP contribution in [0.1, 0.15) is 33.1 Å². The highest BCUT2D eigenvalue weighted by Crippen LogP contribution is 2.34. The van der Waals surface area contributed by atoms with Crippen molar-refractivity contribution >= 4 is 26.0 Å². The molecule has 0 saturated heterocycles. The topological polar surface area (TPSA) is 69.4 Å². The number of nitrogens with two attached hydrogens (primary N) is 1. The van der Waals surface area contributed by atoms with E-state index in [9.17, 15) is 8.42 Å². The van der Waals surface area contributed by atoms with Crippen molar-refractivity contribution in [2.75, 3.05) is 0 Å². The van der Waals surface area contributed by atoms with E-state index >= 15 is 0 Å². The van der Waals surface area contributed by atoms with E-state index in [0.717, 1.165) is 12.8 Å². The van der Waals surface area contributed by atoms with E-state index in [1.807, 2.05) is 0 Å². The Balaban J connectivity index is 2.14. The van der Waals surface area contributed by atoms with Gasteiger partial charge < -0.3 is 4.74 Å². The minimum Gasteiger partial charge on any atom is -0.489 e. The molecule has 20 heavy (non-hydrogen) atoms. The van der Waals surface area contributed by atoms with Crippen molar-refractivity contribution in [1.82, 2.24) is 0 Å². The Bertz CT molecular complexity index is 578. The molecular formula is C14H20BrNO3S. The highest BCUT2D eigenvalue weighted by molar-refractivity contribution is 9.10. The van der Waals surface area contributed by atoms with Gasteiger partial charge in [-0.15, -0.1) is 0 Å². The van der Waals surface area contributed by atoms with E-state index in [1.165, 1.54) is 18.6 Å². The average Bonchev–Trinajstić information content (AvgIpc) is 2.29. The Morgan fingerprint density at radius 1 is 1.20 bits per heavy atom. The van der Waals surface area contributed by atoms with Gasteiger partial charge in [0, 0.05) is 0 Å². The van der Waals surface area contributed by atoms with Crippen molar-refractivity contribution in [2.45, 2.75) is 44.1 Å². The highest BCUT2D eigenvalue weighted by Gasteiger charge is 2.25. The number of primary sulfonamides is 1. The van der Waals surface area contributed by atoms with Gasteiger partial charge in [-0.2, -0.15) is 0 Å². The van der Waals surface area contributed by atoms with E-state index < -0.39 is 10.0 Å². The molecule has 1 aromatic rings. The standard InChI is InChI=1S/C14H20BrNO3S/c1-9-5-10(2)7-11(6-9)19-14-4-3-12(8-13(14)15)20(16,17)18/h3-4,8-11H,5-7H2,1-2H3,(H2,16,17,18). The minimum atomic E-state index is -3.68. The molecule has 1 fully saturated rings. The van der Waals surface area contributed by atoms with E-state index in [2.05, 4.69) is 29.8 Å². The van der Waals surface area contributed by atoms with Crippen LogP contribution in [0.5, 0.6) is 5.75 Å². The number of halogens is 1. The maximum atomic E-state index is 11.3. The number of benzene rings is 1. The molecule has 0 aromatic heterocycles. The summed E-state index contributed by atoms with van der Waals surface area (Å²) in [7, 11) is -3.68. The molecule has 6 heteroatoms. The van der Waals surface area contributed by atoms with Crippen LogP contribution >= 0.6 is 15.9 Å². The molecule has 0 bridgehead atoms. The van der Waals surface area contributed by atoms with E-state index in [4.69, 9.17) is 9.88 Å². The van der Waals surface area contributed by atoms with E-state index in [1.54, 1.807) is 6.07 Å². The minimum absolute atomic E-state index is 0.0853. The number of hydrogen-bond donors (Lipinski definition) is 1. The lowest BCUT2D eigenvalue weighted by Crippen LogP contribution is -2.28. The van der Waals surface area contributed by atoms with Crippen molar-refractivity contribution in [3.63, 3.8) is 0 Å². The molecule has 2 unspecified atom stereocenters. The molecule has 112 valence electrons. The summed E-state index contributed by atoms with van der Waals surface area (Å²) < 4.78 is 29.2. The maximum Gasteiger partial charge on any atom is 0.238 e. The predicted molar refractivity (Wildman–Crippen MR) is 82.1 cm³/mol.